The number of nitrogens with one attached hydrogen (secondary N) is 3. The van der Waals surface area contributed by atoms with Crippen LogP contribution in [-0.2, 0) is 25.0 Å². The lowest BCUT2D eigenvalue weighted by Gasteiger charge is -2.12. The standard InChI is InChI=1S/C20H21N3O7S3/c1-12(24)21-16-6-4-13(18(10-16)32(25,26)27)2-3-14-5-7-17(11-19(14)33(28,29)30)23-20(31)22-15-8-9-15/h2-7,10-11,15H,8-9H2,1H3,(H,21,24)(H2,22,23,31)(H,25,26,27)(H,28,29,30)/b3-2+. The number of benzene rings is 2. The third-order valence-electron chi connectivity index (χ3n) is 4.52. The fraction of sp³-hybridized carbons (Fsp3) is 0.200. The van der Waals surface area contributed by atoms with Crippen molar-refractivity contribution in [3.8, 4) is 0 Å². The van der Waals surface area contributed by atoms with Crippen molar-refractivity contribution in [2.75, 3.05) is 10.6 Å². The SMILES string of the molecule is CC(=O)Nc1ccc(/C=C/c2ccc(NC(=S)NC3CC3)cc2S(=O)(=O)O)c(S(=O)(=O)O)c1. The van der Waals surface area contributed by atoms with Crippen LogP contribution in [0, 0.1) is 0 Å². The molecule has 1 fully saturated rings. The second-order valence-electron chi connectivity index (χ2n) is 7.34. The van der Waals surface area contributed by atoms with E-state index in [1.54, 1.807) is 6.07 Å². The topological polar surface area (TPSA) is 162 Å². The summed E-state index contributed by atoms with van der Waals surface area (Å²) < 4.78 is 66.7. The zero-order chi connectivity index (χ0) is 24.4. The molecule has 0 bridgehead atoms. The van der Waals surface area contributed by atoms with E-state index in [0.717, 1.165) is 18.9 Å². The molecular formula is C20H21N3O7S3. The highest BCUT2D eigenvalue weighted by atomic mass is 32.2. The molecule has 0 saturated heterocycles. The van der Waals surface area contributed by atoms with Crippen LogP contribution in [0.1, 0.15) is 30.9 Å². The van der Waals surface area contributed by atoms with E-state index in [9.17, 15) is 30.7 Å². The first-order chi connectivity index (χ1) is 15.3. The molecular weight excluding hydrogens is 490 g/mol. The highest BCUT2D eigenvalue weighted by molar-refractivity contribution is 7.86. The van der Waals surface area contributed by atoms with E-state index >= 15 is 0 Å². The molecule has 1 aliphatic carbocycles. The van der Waals surface area contributed by atoms with Crippen molar-refractivity contribution < 1.29 is 30.7 Å². The molecule has 0 aromatic heterocycles. The molecule has 5 N–H and O–H groups in total. The maximum Gasteiger partial charge on any atom is 0.295 e. The number of amides is 1. The fourth-order valence-electron chi connectivity index (χ4n) is 2.91. The first-order valence-corrected chi connectivity index (χ1v) is 12.9. The Bertz CT molecular complexity index is 1350. The van der Waals surface area contributed by atoms with Gasteiger partial charge in [0.2, 0.25) is 5.91 Å². The van der Waals surface area contributed by atoms with Gasteiger partial charge in [-0.2, -0.15) is 16.8 Å². The molecule has 2 aromatic carbocycles. The first kappa shape index (κ1) is 24.8. The highest BCUT2D eigenvalue weighted by Gasteiger charge is 2.22. The van der Waals surface area contributed by atoms with Gasteiger partial charge in [0.05, 0.1) is 0 Å². The van der Waals surface area contributed by atoms with Crippen LogP contribution in [0.2, 0.25) is 0 Å². The van der Waals surface area contributed by atoms with Crippen LogP contribution in [-0.4, -0.2) is 43.0 Å². The van der Waals surface area contributed by atoms with E-state index in [1.807, 2.05) is 0 Å². The van der Waals surface area contributed by atoms with Crippen LogP contribution >= 0.6 is 12.2 Å². The summed E-state index contributed by atoms with van der Waals surface area (Å²) in [5.74, 6) is -0.433. The Hall–Kier alpha value is -2.84. The van der Waals surface area contributed by atoms with Gasteiger partial charge in [-0.05, 0) is 60.5 Å². The van der Waals surface area contributed by atoms with E-state index in [4.69, 9.17) is 12.2 Å². The number of thiocarbonyl (C=S) groups is 1. The predicted molar refractivity (Wildman–Crippen MR) is 128 cm³/mol. The van der Waals surface area contributed by atoms with Crippen LogP contribution in [0.25, 0.3) is 12.2 Å². The van der Waals surface area contributed by atoms with Crippen molar-refractivity contribution in [1.29, 1.82) is 0 Å². The Kier molecular flexibility index (Phi) is 7.19. The van der Waals surface area contributed by atoms with Crippen molar-refractivity contribution in [2.45, 2.75) is 35.6 Å². The minimum atomic E-state index is -4.66. The lowest BCUT2D eigenvalue weighted by molar-refractivity contribution is -0.114. The Morgan fingerprint density at radius 1 is 0.909 bits per heavy atom. The molecule has 0 spiro atoms. The van der Waals surface area contributed by atoms with E-state index in [0.29, 0.717) is 16.8 Å². The van der Waals surface area contributed by atoms with Crippen molar-refractivity contribution in [3.63, 3.8) is 0 Å². The summed E-state index contributed by atoms with van der Waals surface area (Å²) in [6.45, 7) is 1.24. The lowest BCUT2D eigenvalue weighted by Crippen LogP contribution is -2.30. The Morgan fingerprint density at radius 3 is 1.76 bits per heavy atom. The Labute approximate surface area is 196 Å². The lowest BCUT2D eigenvalue weighted by atomic mass is 10.1. The number of hydrogen-bond donors (Lipinski definition) is 5. The number of hydrogen-bond acceptors (Lipinski definition) is 6. The molecule has 13 heteroatoms. The second-order valence-corrected chi connectivity index (χ2v) is 10.5. The maximum absolute atomic E-state index is 11.9. The summed E-state index contributed by atoms with van der Waals surface area (Å²) in [6.07, 6.45) is 4.53. The third-order valence-corrected chi connectivity index (χ3v) is 6.55. The van der Waals surface area contributed by atoms with Crippen LogP contribution in [0.4, 0.5) is 11.4 Å². The van der Waals surface area contributed by atoms with Gasteiger partial charge in [0.25, 0.3) is 20.2 Å². The van der Waals surface area contributed by atoms with Gasteiger partial charge in [-0.25, -0.2) is 0 Å². The number of carbonyl (C=O) groups excluding carboxylic acids is 1. The normalized spacial score (nSPS) is 14.2. The number of rotatable bonds is 7. The minimum absolute atomic E-state index is 0.0323. The molecule has 0 unspecified atom stereocenters. The van der Waals surface area contributed by atoms with E-state index in [2.05, 4.69) is 16.0 Å². The van der Waals surface area contributed by atoms with Gasteiger partial charge < -0.3 is 16.0 Å². The molecule has 0 radical (unpaired) electrons. The smallest absolute Gasteiger partial charge is 0.295 e. The van der Waals surface area contributed by atoms with Gasteiger partial charge in [-0.1, -0.05) is 24.3 Å². The predicted octanol–water partition coefficient (Wildman–Crippen LogP) is 2.76. The van der Waals surface area contributed by atoms with E-state index < -0.39 is 35.9 Å². The maximum atomic E-state index is 11.9. The summed E-state index contributed by atoms with van der Waals surface area (Å²) in [7, 11) is -9.30. The largest absolute Gasteiger partial charge is 0.360 e. The summed E-state index contributed by atoms with van der Waals surface area (Å²) >= 11 is 5.17. The van der Waals surface area contributed by atoms with Crippen molar-refractivity contribution in [1.82, 2.24) is 5.32 Å². The van der Waals surface area contributed by atoms with Gasteiger partial charge in [0.1, 0.15) is 9.79 Å². The van der Waals surface area contributed by atoms with Crippen molar-refractivity contribution >= 4 is 67.0 Å². The monoisotopic (exact) mass is 511 g/mol. The zero-order valence-corrected chi connectivity index (χ0v) is 19.7. The molecule has 0 heterocycles. The third kappa shape index (κ3) is 7.07. The molecule has 33 heavy (non-hydrogen) atoms. The molecule has 2 aromatic rings. The summed E-state index contributed by atoms with van der Waals surface area (Å²) in [6, 6.07) is 8.25. The molecule has 1 aliphatic rings. The average Bonchev–Trinajstić information content (AvgIpc) is 3.49. The van der Waals surface area contributed by atoms with Crippen LogP contribution in [0.3, 0.4) is 0 Å². The summed E-state index contributed by atoms with van der Waals surface area (Å²) in [4.78, 5) is 10.3. The van der Waals surface area contributed by atoms with Crippen molar-refractivity contribution in [2.24, 2.45) is 0 Å². The fourth-order valence-corrected chi connectivity index (χ4v) is 4.61. The molecule has 176 valence electrons. The molecule has 3 rings (SSSR count). The quantitative estimate of drug-likeness (QED) is 0.212. The summed E-state index contributed by atoms with van der Waals surface area (Å²) in [5.41, 5.74) is 0.578. The Balaban J connectivity index is 1.95. The highest BCUT2D eigenvalue weighted by Crippen LogP contribution is 2.26. The molecule has 1 amide bonds. The van der Waals surface area contributed by atoms with E-state index in [-0.39, 0.29) is 16.8 Å². The average molecular weight is 512 g/mol. The molecule has 10 nitrogen and oxygen atoms in total. The van der Waals surface area contributed by atoms with Crippen LogP contribution in [0.15, 0.2) is 46.2 Å². The van der Waals surface area contributed by atoms with Gasteiger partial charge in [-0.3, -0.25) is 13.9 Å². The Morgan fingerprint density at radius 2 is 1.36 bits per heavy atom. The van der Waals surface area contributed by atoms with Gasteiger partial charge in [-0.15, -0.1) is 0 Å². The molecule has 0 atom stereocenters. The second kappa shape index (κ2) is 9.57. The molecule has 1 saturated carbocycles. The van der Waals surface area contributed by atoms with Gasteiger partial charge in [0.15, 0.2) is 5.11 Å². The van der Waals surface area contributed by atoms with Crippen LogP contribution < -0.4 is 16.0 Å². The van der Waals surface area contributed by atoms with Gasteiger partial charge >= 0.3 is 0 Å². The first-order valence-electron chi connectivity index (χ1n) is 9.59. The zero-order valence-electron chi connectivity index (χ0n) is 17.3. The molecule has 0 aliphatic heterocycles. The van der Waals surface area contributed by atoms with Crippen LogP contribution in [0.5, 0.6) is 0 Å². The minimum Gasteiger partial charge on any atom is -0.360 e. The number of carbonyl (C=O) groups is 1. The van der Waals surface area contributed by atoms with Crippen molar-refractivity contribution in [3.05, 3.63) is 47.5 Å². The summed E-state index contributed by atoms with van der Waals surface area (Å²) in [5, 5.41) is 8.63. The van der Waals surface area contributed by atoms with Gasteiger partial charge in [0, 0.05) is 24.3 Å². The van der Waals surface area contributed by atoms with E-state index in [1.165, 1.54) is 43.3 Å². The number of anilines is 2.